The second-order valence-electron chi connectivity index (χ2n) is 6.84. The Morgan fingerprint density at radius 2 is 2.04 bits per heavy atom. The molecular formula is C18H24N2O5. The van der Waals surface area contributed by atoms with Crippen molar-refractivity contribution >= 4 is 23.5 Å². The molecule has 0 spiro atoms. The number of ether oxygens (including phenoxy) is 1. The molecule has 1 aliphatic heterocycles. The number of carbonyl (C=O) groups is 3. The van der Waals surface area contributed by atoms with Crippen LogP contribution in [0.15, 0.2) is 24.3 Å². The topological polar surface area (TPSA) is 95.9 Å². The second kappa shape index (κ2) is 7.55. The zero-order valence-electron chi connectivity index (χ0n) is 14.7. The van der Waals surface area contributed by atoms with E-state index in [1.54, 1.807) is 30.9 Å². The lowest BCUT2D eigenvalue weighted by atomic mass is 9.96. The number of hydrogen-bond donors (Lipinski definition) is 2. The molecule has 1 aliphatic rings. The summed E-state index contributed by atoms with van der Waals surface area (Å²) in [5, 5.41) is 11.7. The third-order valence-electron chi connectivity index (χ3n) is 4.30. The molecule has 0 saturated carbocycles. The van der Waals surface area contributed by atoms with Gasteiger partial charge in [-0.25, -0.2) is 0 Å². The first-order valence-electron chi connectivity index (χ1n) is 8.20. The predicted molar refractivity (Wildman–Crippen MR) is 92.5 cm³/mol. The quantitative estimate of drug-likeness (QED) is 0.783. The molecule has 2 amide bonds. The van der Waals surface area contributed by atoms with E-state index in [0.717, 1.165) is 0 Å². The maximum absolute atomic E-state index is 12.5. The van der Waals surface area contributed by atoms with Crippen molar-refractivity contribution in [1.29, 1.82) is 0 Å². The maximum Gasteiger partial charge on any atom is 0.303 e. The number of aliphatic carboxylic acids is 1. The van der Waals surface area contributed by atoms with Gasteiger partial charge >= 0.3 is 5.97 Å². The van der Waals surface area contributed by atoms with Crippen LogP contribution in [0, 0.1) is 5.92 Å². The van der Waals surface area contributed by atoms with E-state index in [2.05, 4.69) is 5.32 Å². The van der Waals surface area contributed by atoms with Gasteiger partial charge in [-0.05, 0) is 32.4 Å². The Morgan fingerprint density at radius 3 is 2.68 bits per heavy atom. The van der Waals surface area contributed by atoms with E-state index in [4.69, 9.17) is 9.84 Å². The van der Waals surface area contributed by atoms with E-state index in [1.165, 1.54) is 7.11 Å². The van der Waals surface area contributed by atoms with Crippen LogP contribution in [0.25, 0.3) is 0 Å². The van der Waals surface area contributed by atoms with Gasteiger partial charge in [0.05, 0.1) is 18.7 Å². The Hall–Kier alpha value is -2.57. The minimum atomic E-state index is -0.902. The van der Waals surface area contributed by atoms with Gasteiger partial charge in [-0.15, -0.1) is 0 Å². The SMILES string of the molecule is COc1ccccc1N1CC(C(=O)NC(C)(C)CCC(=O)O)CC1=O. The fourth-order valence-corrected chi connectivity index (χ4v) is 2.89. The third kappa shape index (κ3) is 4.71. The fourth-order valence-electron chi connectivity index (χ4n) is 2.89. The summed E-state index contributed by atoms with van der Waals surface area (Å²) in [4.78, 5) is 37.1. The summed E-state index contributed by atoms with van der Waals surface area (Å²) < 4.78 is 5.29. The lowest BCUT2D eigenvalue weighted by Crippen LogP contribution is -2.46. The van der Waals surface area contributed by atoms with Crippen LogP contribution in [0.5, 0.6) is 5.75 Å². The van der Waals surface area contributed by atoms with Crippen molar-refractivity contribution in [3.63, 3.8) is 0 Å². The molecule has 1 aromatic carbocycles. The van der Waals surface area contributed by atoms with Crippen molar-refractivity contribution in [1.82, 2.24) is 5.32 Å². The van der Waals surface area contributed by atoms with E-state index < -0.39 is 17.4 Å². The molecule has 1 aromatic rings. The number of carbonyl (C=O) groups excluding carboxylic acids is 2. The Kier molecular flexibility index (Phi) is 5.66. The van der Waals surface area contributed by atoms with Crippen LogP contribution >= 0.6 is 0 Å². The van der Waals surface area contributed by atoms with Gasteiger partial charge in [-0.3, -0.25) is 14.4 Å². The van der Waals surface area contributed by atoms with Crippen molar-refractivity contribution in [2.75, 3.05) is 18.6 Å². The number of hydrogen-bond acceptors (Lipinski definition) is 4. The Bertz CT molecular complexity index is 671. The van der Waals surface area contributed by atoms with Crippen molar-refractivity contribution in [3.05, 3.63) is 24.3 Å². The minimum Gasteiger partial charge on any atom is -0.495 e. The molecule has 7 heteroatoms. The van der Waals surface area contributed by atoms with Gasteiger partial charge in [0.1, 0.15) is 5.75 Å². The van der Waals surface area contributed by atoms with Gasteiger partial charge < -0.3 is 20.1 Å². The first-order chi connectivity index (χ1) is 11.7. The lowest BCUT2D eigenvalue weighted by Gasteiger charge is -2.27. The average molecular weight is 348 g/mol. The monoisotopic (exact) mass is 348 g/mol. The van der Waals surface area contributed by atoms with Crippen LogP contribution in [0.4, 0.5) is 5.69 Å². The summed E-state index contributed by atoms with van der Waals surface area (Å²) in [7, 11) is 1.54. The van der Waals surface area contributed by atoms with Crippen molar-refractivity contribution < 1.29 is 24.2 Å². The first kappa shape index (κ1) is 18.8. The molecule has 1 heterocycles. The van der Waals surface area contributed by atoms with E-state index in [1.807, 2.05) is 12.1 Å². The van der Waals surface area contributed by atoms with Gasteiger partial charge in [0.2, 0.25) is 11.8 Å². The summed E-state index contributed by atoms with van der Waals surface area (Å²) in [6.07, 6.45) is 0.425. The van der Waals surface area contributed by atoms with Crippen LogP contribution < -0.4 is 15.0 Å². The third-order valence-corrected chi connectivity index (χ3v) is 4.30. The number of carboxylic acid groups (broad SMARTS) is 1. The minimum absolute atomic E-state index is 0.0236. The maximum atomic E-state index is 12.5. The zero-order chi connectivity index (χ0) is 18.6. The van der Waals surface area contributed by atoms with E-state index in [9.17, 15) is 14.4 Å². The van der Waals surface area contributed by atoms with E-state index in [0.29, 0.717) is 17.9 Å². The van der Waals surface area contributed by atoms with Gasteiger partial charge in [0, 0.05) is 24.9 Å². The summed E-state index contributed by atoms with van der Waals surface area (Å²) in [5.41, 5.74) is 0.00607. The smallest absolute Gasteiger partial charge is 0.303 e. The zero-order valence-corrected chi connectivity index (χ0v) is 14.7. The number of nitrogens with one attached hydrogen (secondary N) is 1. The highest BCUT2D eigenvalue weighted by Gasteiger charge is 2.37. The number of anilines is 1. The molecule has 1 unspecified atom stereocenters. The highest BCUT2D eigenvalue weighted by Crippen LogP contribution is 2.33. The van der Waals surface area contributed by atoms with Gasteiger partial charge in [0.25, 0.3) is 0 Å². The molecule has 2 N–H and O–H groups in total. The fraction of sp³-hybridized carbons (Fsp3) is 0.500. The Balaban J connectivity index is 2.04. The molecule has 0 aromatic heterocycles. The molecule has 0 radical (unpaired) electrons. The Morgan fingerprint density at radius 1 is 1.36 bits per heavy atom. The van der Waals surface area contributed by atoms with Gasteiger partial charge in [-0.2, -0.15) is 0 Å². The number of rotatable bonds is 7. The van der Waals surface area contributed by atoms with Crippen LogP contribution in [0.3, 0.4) is 0 Å². The predicted octanol–water partition coefficient (Wildman–Crippen LogP) is 1.81. The molecule has 1 atom stereocenters. The van der Waals surface area contributed by atoms with E-state index in [-0.39, 0.29) is 31.2 Å². The highest BCUT2D eigenvalue weighted by molar-refractivity contribution is 6.01. The number of benzene rings is 1. The average Bonchev–Trinajstić information content (AvgIpc) is 2.94. The number of nitrogens with zero attached hydrogens (tertiary/aromatic N) is 1. The van der Waals surface area contributed by atoms with Gasteiger partial charge in [0.15, 0.2) is 0 Å². The van der Waals surface area contributed by atoms with E-state index >= 15 is 0 Å². The van der Waals surface area contributed by atoms with Crippen LogP contribution in [0.1, 0.15) is 33.1 Å². The number of amides is 2. The van der Waals surface area contributed by atoms with Crippen LogP contribution in [0.2, 0.25) is 0 Å². The normalized spacial score (nSPS) is 17.5. The van der Waals surface area contributed by atoms with Crippen LogP contribution in [-0.4, -0.2) is 42.1 Å². The molecular weight excluding hydrogens is 324 g/mol. The number of carboxylic acids is 1. The molecule has 1 fully saturated rings. The summed E-state index contributed by atoms with van der Waals surface area (Å²) in [6, 6.07) is 7.18. The lowest BCUT2D eigenvalue weighted by molar-refractivity contribution is -0.138. The number of methoxy groups -OCH3 is 1. The molecule has 136 valence electrons. The molecule has 0 aliphatic carbocycles. The van der Waals surface area contributed by atoms with Gasteiger partial charge in [-0.1, -0.05) is 12.1 Å². The van der Waals surface area contributed by atoms with Crippen LogP contribution in [-0.2, 0) is 14.4 Å². The van der Waals surface area contributed by atoms with Crippen molar-refractivity contribution in [3.8, 4) is 5.75 Å². The highest BCUT2D eigenvalue weighted by atomic mass is 16.5. The summed E-state index contributed by atoms with van der Waals surface area (Å²) >= 11 is 0. The first-order valence-corrected chi connectivity index (χ1v) is 8.20. The summed E-state index contributed by atoms with van der Waals surface area (Å²) in [5.74, 6) is -1.16. The Labute approximate surface area is 147 Å². The standard InChI is InChI=1S/C18H24N2O5/c1-18(2,9-8-16(22)23)19-17(24)12-10-15(21)20(11-12)13-6-4-5-7-14(13)25-3/h4-7,12H,8-11H2,1-3H3,(H,19,24)(H,22,23). The number of para-hydroxylation sites is 2. The summed E-state index contributed by atoms with van der Waals surface area (Å²) in [6.45, 7) is 3.84. The molecule has 1 saturated heterocycles. The molecule has 2 rings (SSSR count). The molecule has 25 heavy (non-hydrogen) atoms. The molecule has 7 nitrogen and oxygen atoms in total. The largest absolute Gasteiger partial charge is 0.495 e. The second-order valence-corrected chi connectivity index (χ2v) is 6.84. The van der Waals surface area contributed by atoms with Crippen molar-refractivity contribution in [2.24, 2.45) is 5.92 Å². The van der Waals surface area contributed by atoms with Crippen molar-refractivity contribution in [2.45, 2.75) is 38.6 Å². The molecule has 0 bridgehead atoms.